The summed E-state index contributed by atoms with van der Waals surface area (Å²) in [7, 11) is 1.83. The van der Waals surface area contributed by atoms with E-state index in [2.05, 4.69) is 56.9 Å². The molecule has 5 nitrogen and oxygen atoms in total. The first kappa shape index (κ1) is 21.6. The van der Waals surface area contributed by atoms with E-state index in [1.807, 2.05) is 18.4 Å². The van der Waals surface area contributed by atoms with Crippen LogP contribution in [0.4, 0.5) is 0 Å². The summed E-state index contributed by atoms with van der Waals surface area (Å²) in [6.07, 6.45) is 2.61. The molecule has 1 fully saturated rings. The van der Waals surface area contributed by atoms with Crippen LogP contribution >= 0.6 is 46.7 Å². The second-order valence-corrected chi connectivity index (χ2v) is 8.59. The quantitative estimate of drug-likeness (QED) is 0.355. The highest BCUT2D eigenvalue weighted by atomic mass is 127. The molecule has 1 aliphatic rings. The molecule has 2 aromatic rings. The van der Waals surface area contributed by atoms with Gasteiger partial charge in [-0.2, -0.15) is 0 Å². The third kappa shape index (κ3) is 5.64. The molecule has 144 valence electrons. The number of hydrogen-bond acceptors (Lipinski definition) is 5. The normalized spacial score (nSPS) is 16.3. The van der Waals surface area contributed by atoms with E-state index in [0.717, 1.165) is 29.8 Å². The van der Waals surface area contributed by atoms with Crippen molar-refractivity contribution in [2.75, 3.05) is 26.7 Å². The standard InChI is InChI=1S/C18H27N5S2.HI/c1-13-17(25-14(2)22-13)12-21-18(19-3)20-11-15(16-7-6-10-24-16)23-8-4-5-9-23;/h6-7,10,15H,4-5,8-9,11-12H2,1-3H3,(H2,19,20,21);1H. The number of nitrogens with one attached hydrogen (secondary N) is 2. The van der Waals surface area contributed by atoms with E-state index in [-0.39, 0.29) is 24.0 Å². The molecule has 0 aliphatic carbocycles. The number of guanidine groups is 1. The molecule has 26 heavy (non-hydrogen) atoms. The van der Waals surface area contributed by atoms with Crippen LogP contribution in [-0.4, -0.2) is 42.5 Å². The molecule has 8 heteroatoms. The molecule has 0 spiro atoms. The van der Waals surface area contributed by atoms with E-state index in [4.69, 9.17) is 0 Å². The Hall–Kier alpha value is -0.710. The Balaban J connectivity index is 0.00000243. The summed E-state index contributed by atoms with van der Waals surface area (Å²) >= 11 is 3.59. The zero-order valence-electron chi connectivity index (χ0n) is 15.6. The van der Waals surface area contributed by atoms with Crippen LogP contribution in [0.3, 0.4) is 0 Å². The number of thiophene rings is 1. The number of aromatic nitrogens is 1. The molecule has 3 heterocycles. The van der Waals surface area contributed by atoms with Crippen molar-refractivity contribution in [2.24, 2.45) is 4.99 Å². The summed E-state index contributed by atoms with van der Waals surface area (Å²) in [5.41, 5.74) is 1.11. The zero-order valence-corrected chi connectivity index (χ0v) is 19.6. The van der Waals surface area contributed by atoms with Gasteiger partial charge in [-0.15, -0.1) is 46.7 Å². The molecule has 0 aromatic carbocycles. The van der Waals surface area contributed by atoms with Gasteiger partial charge in [-0.3, -0.25) is 9.89 Å². The zero-order chi connectivity index (χ0) is 17.6. The lowest BCUT2D eigenvalue weighted by Gasteiger charge is -2.27. The van der Waals surface area contributed by atoms with Crippen molar-refractivity contribution in [3.05, 3.63) is 38.0 Å². The summed E-state index contributed by atoms with van der Waals surface area (Å²) in [5.74, 6) is 0.853. The maximum Gasteiger partial charge on any atom is 0.191 e. The summed E-state index contributed by atoms with van der Waals surface area (Å²) in [6.45, 7) is 8.14. The van der Waals surface area contributed by atoms with Gasteiger partial charge >= 0.3 is 0 Å². The highest BCUT2D eigenvalue weighted by Crippen LogP contribution is 2.27. The van der Waals surface area contributed by atoms with Gasteiger partial charge in [0.15, 0.2) is 5.96 Å². The van der Waals surface area contributed by atoms with Gasteiger partial charge in [-0.25, -0.2) is 4.98 Å². The minimum Gasteiger partial charge on any atom is -0.354 e. The van der Waals surface area contributed by atoms with Crippen molar-refractivity contribution in [2.45, 2.75) is 39.3 Å². The Morgan fingerprint density at radius 3 is 2.65 bits per heavy atom. The predicted molar refractivity (Wildman–Crippen MR) is 123 cm³/mol. The molecule has 2 aromatic heterocycles. The minimum atomic E-state index is 0. The number of thiazole rings is 1. The number of hydrogen-bond donors (Lipinski definition) is 2. The number of likely N-dealkylation sites (tertiary alicyclic amines) is 1. The highest BCUT2D eigenvalue weighted by molar-refractivity contribution is 14.0. The predicted octanol–water partition coefficient (Wildman–Crippen LogP) is 3.94. The van der Waals surface area contributed by atoms with Crippen LogP contribution in [-0.2, 0) is 6.54 Å². The van der Waals surface area contributed by atoms with E-state index < -0.39 is 0 Å². The highest BCUT2D eigenvalue weighted by Gasteiger charge is 2.24. The fourth-order valence-electron chi connectivity index (χ4n) is 3.26. The minimum absolute atomic E-state index is 0. The third-order valence-corrected chi connectivity index (χ3v) is 6.60. The van der Waals surface area contributed by atoms with E-state index >= 15 is 0 Å². The first-order valence-electron chi connectivity index (χ1n) is 8.82. The molecule has 1 atom stereocenters. The van der Waals surface area contributed by atoms with Crippen LogP contribution in [0.2, 0.25) is 0 Å². The SMILES string of the molecule is CN=C(NCc1sc(C)nc1C)NCC(c1cccs1)N1CCCC1.I. The fourth-order valence-corrected chi connectivity index (χ4v) is 5.00. The lowest BCUT2D eigenvalue weighted by molar-refractivity contribution is 0.249. The Kier molecular flexibility index (Phi) is 8.78. The third-order valence-electron chi connectivity index (χ3n) is 4.56. The number of aliphatic imine (C=N–C) groups is 1. The van der Waals surface area contributed by atoms with Crippen molar-refractivity contribution >= 4 is 52.6 Å². The van der Waals surface area contributed by atoms with Gasteiger partial charge in [0.25, 0.3) is 0 Å². The van der Waals surface area contributed by atoms with Crippen LogP contribution in [0.5, 0.6) is 0 Å². The van der Waals surface area contributed by atoms with Gasteiger partial charge < -0.3 is 10.6 Å². The summed E-state index contributed by atoms with van der Waals surface area (Å²) in [4.78, 5) is 14.2. The van der Waals surface area contributed by atoms with Crippen molar-refractivity contribution in [3.63, 3.8) is 0 Å². The lowest BCUT2D eigenvalue weighted by Crippen LogP contribution is -2.42. The molecule has 0 radical (unpaired) electrons. The molecule has 1 unspecified atom stereocenters. The second kappa shape index (κ2) is 10.6. The van der Waals surface area contributed by atoms with E-state index in [9.17, 15) is 0 Å². The first-order valence-corrected chi connectivity index (χ1v) is 10.5. The molecule has 3 rings (SSSR count). The van der Waals surface area contributed by atoms with Crippen LogP contribution in [0.15, 0.2) is 22.5 Å². The molecule has 2 N–H and O–H groups in total. The Morgan fingerprint density at radius 2 is 2.08 bits per heavy atom. The fraction of sp³-hybridized carbons (Fsp3) is 0.556. The number of halogens is 1. The molecule has 1 saturated heterocycles. The maximum absolute atomic E-state index is 4.49. The Morgan fingerprint density at radius 1 is 1.31 bits per heavy atom. The monoisotopic (exact) mass is 505 g/mol. The van der Waals surface area contributed by atoms with Gasteiger partial charge in [0.2, 0.25) is 0 Å². The number of aryl methyl sites for hydroxylation is 2. The molecule has 1 aliphatic heterocycles. The summed E-state index contributed by atoms with van der Waals surface area (Å²) in [5, 5.41) is 10.2. The van der Waals surface area contributed by atoms with E-state index in [1.54, 1.807) is 11.3 Å². The Labute approximate surface area is 181 Å². The smallest absolute Gasteiger partial charge is 0.191 e. The van der Waals surface area contributed by atoms with Crippen LogP contribution in [0.1, 0.15) is 39.3 Å². The van der Waals surface area contributed by atoms with Gasteiger partial charge in [0, 0.05) is 23.3 Å². The largest absolute Gasteiger partial charge is 0.354 e. The van der Waals surface area contributed by atoms with Gasteiger partial charge in [-0.1, -0.05) is 6.07 Å². The molecule has 0 bridgehead atoms. The van der Waals surface area contributed by atoms with Crippen molar-refractivity contribution in [1.82, 2.24) is 20.5 Å². The Bertz CT molecular complexity index is 693. The average Bonchev–Trinajstić information content (AvgIpc) is 3.34. The van der Waals surface area contributed by atoms with Crippen molar-refractivity contribution < 1.29 is 0 Å². The van der Waals surface area contributed by atoms with Crippen LogP contribution < -0.4 is 10.6 Å². The summed E-state index contributed by atoms with van der Waals surface area (Å²) in [6, 6.07) is 4.81. The van der Waals surface area contributed by atoms with E-state index in [1.165, 1.54) is 35.7 Å². The molecule has 0 amide bonds. The molecule has 0 saturated carbocycles. The van der Waals surface area contributed by atoms with Crippen molar-refractivity contribution in [3.8, 4) is 0 Å². The van der Waals surface area contributed by atoms with Crippen LogP contribution in [0, 0.1) is 13.8 Å². The van der Waals surface area contributed by atoms with Gasteiger partial charge in [0.05, 0.1) is 23.3 Å². The van der Waals surface area contributed by atoms with E-state index in [0.29, 0.717) is 6.04 Å². The number of nitrogens with zero attached hydrogens (tertiary/aromatic N) is 3. The second-order valence-electron chi connectivity index (χ2n) is 6.32. The van der Waals surface area contributed by atoms with Gasteiger partial charge in [-0.05, 0) is 51.2 Å². The molecular formula is C18H28IN5S2. The first-order chi connectivity index (χ1) is 12.2. The average molecular weight is 505 g/mol. The topological polar surface area (TPSA) is 52.6 Å². The van der Waals surface area contributed by atoms with Gasteiger partial charge in [0.1, 0.15) is 0 Å². The maximum atomic E-state index is 4.49. The lowest BCUT2D eigenvalue weighted by atomic mass is 10.2. The molecular weight excluding hydrogens is 477 g/mol. The summed E-state index contributed by atoms with van der Waals surface area (Å²) < 4.78 is 0. The van der Waals surface area contributed by atoms with Crippen LogP contribution in [0.25, 0.3) is 0 Å². The van der Waals surface area contributed by atoms with Crippen molar-refractivity contribution in [1.29, 1.82) is 0 Å². The number of rotatable bonds is 6.